The number of hydrogen-bond donors (Lipinski definition) is 0. The zero-order valence-electron chi connectivity index (χ0n) is 41.6. The molecule has 1 aromatic heterocycles. The van der Waals surface area contributed by atoms with Crippen molar-refractivity contribution >= 4 is 79.0 Å². The molecule has 0 bridgehead atoms. The van der Waals surface area contributed by atoms with Gasteiger partial charge >= 0.3 is 0 Å². The van der Waals surface area contributed by atoms with E-state index in [1.807, 2.05) is 0 Å². The third-order valence-corrected chi connectivity index (χ3v) is 15.8. The van der Waals surface area contributed by atoms with Gasteiger partial charge in [0.05, 0.1) is 22.4 Å². The summed E-state index contributed by atoms with van der Waals surface area (Å²) >= 11 is 0. The number of anilines is 6. The molecule has 12 aromatic carbocycles. The van der Waals surface area contributed by atoms with E-state index in [4.69, 9.17) is 0 Å². The number of rotatable bonds is 8. The second-order valence-electron chi connectivity index (χ2n) is 20.0. The molecule has 13 aromatic rings. The second kappa shape index (κ2) is 17.9. The average molecular weight is 966 g/mol. The van der Waals surface area contributed by atoms with E-state index in [1.54, 1.807) is 0 Å². The lowest BCUT2D eigenvalue weighted by Gasteiger charge is -2.44. The smallest absolute Gasteiger partial charge is 0.252 e. The van der Waals surface area contributed by atoms with Gasteiger partial charge in [-0.05, 0) is 115 Å². The molecule has 2 aliphatic rings. The van der Waals surface area contributed by atoms with E-state index in [-0.39, 0.29) is 6.71 Å². The minimum absolute atomic E-state index is 0.101. The van der Waals surface area contributed by atoms with Crippen molar-refractivity contribution in [1.82, 2.24) is 4.57 Å². The molecule has 4 heteroatoms. The molecule has 0 radical (unpaired) electrons. The van der Waals surface area contributed by atoms with Crippen molar-refractivity contribution in [2.75, 3.05) is 9.80 Å². The van der Waals surface area contributed by atoms with E-state index < -0.39 is 0 Å². The molecule has 0 unspecified atom stereocenters. The average Bonchev–Trinajstić information content (AvgIpc) is 3.84. The number of benzene rings is 12. The Labute approximate surface area is 443 Å². The van der Waals surface area contributed by atoms with Crippen LogP contribution < -0.4 is 26.2 Å². The fraction of sp³-hybridized carbons (Fsp3) is 0. The number of nitrogens with zero attached hydrogens (tertiary/aromatic N) is 3. The summed E-state index contributed by atoms with van der Waals surface area (Å²) < 4.78 is 2.56. The number of para-hydroxylation sites is 2. The molecule has 2 aliphatic heterocycles. The maximum absolute atomic E-state index is 2.59. The molecule has 76 heavy (non-hydrogen) atoms. The fourth-order valence-corrected chi connectivity index (χ4v) is 12.4. The highest BCUT2D eigenvalue weighted by Crippen LogP contribution is 2.50. The van der Waals surface area contributed by atoms with Gasteiger partial charge in [0.25, 0.3) is 6.71 Å². The van der Waals surface area contributed by atoms with Gasteiger partial charge in [-0.25, -0.2) is 0 Å². The van der Waals surface area contributed by atoms with E-state index in [0.29, 0.717) is 0 Å². The fourth-order valence-electron chi connectivity index (χ4n) is 12.4. The first-order valence-electron chi connectivity index (χ1n) is 26.3. The van der Waals surface area contributed by atoms with E-state index in [0.717, 1.165) is 28.1 Å². The van der Waals surface area contributed by atoms with Crippen LogP contribution in [0.4, 0.5) is 34.1 Å². The van der Waals surface area contributed by atoms with Gasteiger partial charge in [-0.15, -0.1) is 0 Å². The molecule has 3 heterocycles. The van der Waals surface area contributed by atoms with E-state index >= 15 is 0 Å². The third-order valence-electron chi connectivity index (χ3n) is 15.8. The Bertz CT molecular complexity index is 4270. The maximum Gasteiger partial charge on any atom is 0.252 e. The number of fused-ring (bicyclic) bond motifs is 8. The predicted molar refractivity (Wildman–Crippen MR) is 322 cm³/mol. The minimum atomic E-state index is -0.101. The summed E-state index contributed by atoms with van der Waals surface area (Å²) in [6, 6.07) is 107. The van der Waals surface area contributed by atoms with Gasteiger partial charge in [-0.1, -0.05) is 237 Å². The van der Waals surface area contributed by atoms with Gasteiger partial charge in [0.1, 0.15) is 0 Å². The van der Waals surface area contributed by atoms with E-state index in [2.05, 4.69) is 306 Å². The monoisotopic (exact) mass is 965 g/mol. The first-order valence-corrected chi connectivity index (χ1v) is 26.3. The maximum atomic E-state index is 2.59. The first kappa shape index (κ1) is 43.7. The standard InChI is InChI=1S/C72H48BN3/c1-6-21-49(22-7-1)52-39-42-57(43-40-52)75-68-38-20-37-67-70(68)73(63-48-56(51-25-10-3-11-26-51)41-45-65(63)74(67)58-32-18-31-55(47-58)50-23-8-2-9-24-50)62-44-46-66-69(72(62)75)61-33-16-17-36-64(61)76(66)71-59(53-27-12-4-13-28-53)34-19-35-60(71)54-29-14-5-15-30-54/h1-48H. The zero-order valence-corrected chi connectivity index (χ0v) is 41.6. The molecule has 0 amide bonds. The minimum Gasteiger partial charge on any atom is -0.311 e. The molecule has 0 fully saturated rings. The lowest BCUT2D eigenvalue weighted by atomic mass is 9.33. The van der Waals surface area contributed by atoms with E-state index in [9.17, 15) is 0 Å². The van der Waals surface area contributed by atoms with Crippen molar-refractivity contribution in [3.63, 3.8) is 0 Å². The van der Waals surface area contributed by atoms with Gasteiger partial charge in [0, 0.05) is 50.3 Å². The van der Waals surface area contributed by atoms with Crippen LogP contribution in [0.1, 0.15) is 0 Å². The summed E-state index contributed by atoms with van der Waals surface area (Å²) in [5, 5.41) is 2.42. The molecular weight excluding hydrogens is 918 g/mol. The van der Waals surface area contributed by atoms with Crippen LogP contribution >= 0.6 is 0 Å². The summed E-state index contributed by atoms with van der Waals surface area (Å²) in [7, 11) is 0. The molecule has 15 rings (SSSR count). The van der Waals surface area contributed by atoms with Crippen molar-refractivity contribution in [1.29, 1.82) is 0 Å². The molecule has 3 nitrogen and oxygen atoms in total. The van der Waals surface area contributed by atoms with Crippen molar-refractivity contribution in [3.05, 3.63) is 291 Å². The van der Waals surface area contributed by atoms with Crippen LogP contribution in [0.15, 0.2) is 291 Å². The van der Waals surface area contributed by atoms with Crippen LogP contribution in [0.2, 0.25) is 0 Å². The Morgan fingerprint density at radius 3 is 1.38 bits per heavy atom. The summed E-state index contributed by atoms with van der Waals surface area (Å²) in [6.07, 6.45) is 0. The number of aromatic nitrogens is 1. The van der Waals surface area contributed by atoms with Crippen molar-refractivity contribution in [2.45, 2.75) is 0 Å². The summed E-state index contributed by atoms with van der Waals surface area (Å²) in [5.74, 6) is 0. The first-order chi connectivity index (χ1) is 37.7. The summed E-state index contributed by atoms with van der Waals surface area (Å²) in [4.78, 5) is 5.11. The largest absolute Gasteiger partial charge is 0.311 e. The van der Waals surface area contributed by atoms with Crippen molar-refractivity contribution < 1.29 is 0 Å². The van der Waals surface area contributed by atoms with Gasteiger partial charge in [-0.2, -0.15) is 0 Å². The SMILES string of the molecule is c1ccc(-c2ccc(N3c4cccc5c4B(c4cc(-c6ccccc6)ccc4N5c4cccc(-c5ccccc5)c4)c4ccc5c(c43)c3ccccc3n5-c3c(-c4ccccc4)cccc3-c3ccccc3)cc2)cc1. The van der Waals surface area contributed by atoms with Gasteiger partial charge in [-0.3, -0.25) is 0 Å². The Hall–Kier alpha value is -9.90. The third kappa shape index (κ3) is 6.99. The highest BCUT2D eigenvalue weighted by Gasteiger charge is 2.44. The van der Waals surface area contributed by atoms with E-state index in [1.165, 1.54) is 106 Å². The normalized spacial score (nSPS) is 12.4. The Morgan fingerprint density at radius 2 is 0.750 bits per heavy atom. The molecule has 0 saturated carbocycles. The Morgan fingerprint density at radius 1 is 0.263 bits per heavy atom. The predicted octanol–water partition coefficient (Wildman–Crippen LogP) is 17.2. The quantitative estimate of drug-likeness (QED) is 0.141. The molecule has 0 saturated heterocycles. The van der Waals surface area contributed by atoms with Gasteiger partial charge in [0.2, 0.25) is 0 Å². The molecule has 354 valence electrons. The van der Waals surface area contributed by atoms with Crippen LogP contribution in [0.25, 0.3) is 83.1 Å². The van der Waals surface area contributed by atoms with Crippen molar-refractivity contribution in [3.8, 4) is 61.3 Å². The van der Waals surface area contributed by atoms with Crippen LogP contribution in [0.3, 0.4) is 0 Å². The molecule has 0 spiro atoms. The molecule has 0 N–H and O–H groups in total. The Balaban J connectivity index is 1.05. The second-order valence-corrected chi connectivity index (χ2v) is 20.0. The number of hydrogen-bond acceptors (Lipinski definition) is 2. The molecular formula is C72H48BN3. The zero-order chi connectivity index (χ0) is 50.1. The highest BCUT2D eigenvalue weighted by atomic mass is 15.2. The van der Waals surface area contributed by atoms with Crippen LogP contribution in [0.5, 0.6) is 0 Å². The summed E-state index contributed by atoms with van der Waals surface area (Å²) in [5.41, 5.74) is 26.1. The topological polar surface area (TPSA) is 11.4 Å². The lowest BCUT2D eigenvalue weighted by Crippen LogP contribution is -2.61. The van der Waals surface area contributed by atoms with Gasteiger partial charge in [0.15, 0.2) is 0 Å². The molecule has 0 atom stereocenters. The molecule has 0 aliphatic carbocycles. The highest BCUT2D eigenvalue weighted by molar-refractivity contribution is 7.00. The van der Waals surface area contributed by atoms with Crippen LogP contribution in [-0.2, 0) is 0 Å². The van der Waals surface area contributed by atoms with Crippen LogP contribution in [-0.4, -0.2) is 11.3 Å². The lowest BCUT2D eigenvalue weighted by molar-refractivity contribution is 1.18. The van der Waals surface area contributed by atoms with Crippen LogP contribution in [0, 0.1) is 0 Å². The summed E-state index contributed by atoms with van der Waals surface area (Å²) in [6.45, 7) is -0.101. The van der Waals surface area contributed by atoms with Crippen molar-refractivity contribution in [2.24, 2.45) is 0 Å². The van der Waals surface area contributed by atoms with Gasteiger partial charge < -0.3 is 14.4 Å². The Kier molecular flexibility index (Phi) is 10.3.